The first-order valence-corrected chi connectivity index (χ1v) is 9.05. The summed E-state index contributed by atoms with van der Waals surface area (Å²) in [6.45, 7) is 1.70. The number of hydrogen-bond acceptors (Lipinski definition) is 4. The molecule has 1 aliphatic heterocycles. The molecule has 2 aliphatic carbocycles. The number of nitrogens with zero attached hydrogens (tertiary/aromatic N) is 1. The van der Waals surface area contributed by atoms with Gasteiger partial charge >= 0.3 is 0 Å². The fourth-order valence-electron chi connectivity index (χ4n) is 4.51. The van der Waals surface area contributed by atoms with Crippen LogP contribution in [0.15, 0.2) is 34.9 Å². The summed E-state index contributed by atoms with van der Waals surface area (Å²) in [5.74, 6) is 2.78. The van der Waals surface area contributed by atoms with Gasteiger partial charge in [-0.1, -0.05) is 24.3 Å². The average Bonchev–Trinajstić information content (AvgIpc) is 3.14. The van der Waals surface area contributed by atoms with Gasteiger partial charge in [-0.3, -0.25) is 8.96 Å². The van der Waals surface area contributed by atoms with E-state index in [1.165, 1.54) is 29.7 Å². The number of allylic oxidation sites excluding steroid dienone is 1. The lowest BCUT2D eigenvalue weighted by molar-refractivity contribution is 0.375. The summed E-state index contributed by atoms with van der Waals surface area (Å²) in [5.41, 5.74) is 14.2. The van der Waals surface area contributed by atoms with E-state index in [-0.39, 0.29) is 0 Å². The average molecular weight is 408 g/mol. The molecule has 5 heteroatoms. The predicted octanol–water partition coefficient (Wildman–Crippen LogP) is 2.66. The second kappa shape index (κ2) is 5.94. The van der Waals surface area contributed by atoms with E-state index in [0.29, 0.717) is 18.4 Å². The van der Waals surface area contributed by atoms with Crippen molar-refractivity contribution in [1.29, 1.82) is 0 Å². The van der Waals surface area contributed by atoms with Crippen LogP contribution in [-0.4, -0.2) is 12.8 Å². The third kappa shape index (κ3) is 2.30. The Balaban J connectivity index is 1.72. The minimum Gasteiger partial charge on any atom is -0.326 e. The molecule has 4 N–H and O–H groups in total. The molecule has 2 saturated carbocycles. The molecule has 1 heterocycles. The number of benzene rings is 1. The molecule has 0 spiro atoms. The summed E-state index contributed by atoms with van der Waals surface area (Å²) in [6.07, 6.45) is 4.78. The molecule has 4 atom stereocenters. The van der Waals surface area contributed by atoms with Gasteiger partial charge in [-0.2, -0.15) is 5.10 Å². The number of nitrogens with two attached hydrogens (primary N) is 1. The Hall–Kier alpha value is -0.920. The summed E-state index contributed by atoms with van der Waals surface area (Å²) >= 11 is 2.27. The highest BCUT2D eigenvalue weighted by Crippen LogP contribution is 2.56. The van der Waals surface area contributed by atoms with E-state index in [0.717, 1.165) is 18.4 Å². The Morgan fingerprint density at radius 3 is 2.82 bits per heavy atom. The minimum atomic E-state index is 0.542. The van der Waals surface area contributed by atoms with Crippen molar-refractivity contribution in [3.8, 4) is 0 Å². The smallest absolute Gasteiger partial charge is 0.0635 e. The maximum absolute atomic E-state index is 5.71. The first kappa shape index (κ1) is 14.7. The number of fused-ring (bicyclic) bond motifs is 5. The minimum absolute atomic E-state index is 0.542. The van der Waals surface area contributed by atoms with Crippen LogP contribution >= 0.6 is 22.9 Å². The largest absolute Gasteiger partial charge is 0.326 e. The Morgan fingerprint density at radius 2 is 2.09 bits per heavy atom. The zero-order valence-electron chi connectivity index (χ0n) is 12.4. The molecule has 22 heavy (non-hydrogen) atoms. The van der Waals surface area contributed by atoms with E-state index in [2.05, 4.69) is 67.4 Å². The molecule has 4 rings (SSSR count). The lowest BCUT2D eigenvalue weighted by atomic mass is 9.76. The highest BCUT2D eigenvalue weighted by atomic mass is 127. The molecule has 2 bridgehead atoms. The van der Waals surface area contributed by atoms with Crippen LogP contribution in [0.25, 0.3) is 5.70 Å². The van der Waals surface area contributed by atoms with E-state index >= 15 is 0 Å². The quantitative estimate of drug-likeness (QED) is 0.531. The van der Waals surface area contributed by atoms with Crippen LogP contribution in [0.4, 0.5) is 0 Å². The van der Waals surface area contributed by atoms with Crippen molar-refractivity contribution in [3.05, 3.63) is 41.0 Å². The summed E-state index contributed by atoms with van der Waals surface area (Å²) in [5, 5.41) is 4.44. The normalized spacial score (nSPS) is 32.3. The van der Waals surface area contributed by atoms with E-state index in [1.807, 2.05) is 0 Å². The van der Waals surface area contributed by atoms with Crippen molar-refractivity contribution >= 4 is 34.8 Å². The molecule has 116 valence electrons. The van der Waals surface area contributed by atoms with Crippen LogP contribution in [0.1, 0.15) is 24.0 Å². The molecule has 0 amide bonds. The van der Waals surface area contributed by atoms with Crippen LogP contribution in [0.2, 0.25) is 0 Å². The molecule has 0 aromatic heterocycles. The maximum Gasteiger partial charge on any atom is 0.0635 e. The molecule has 1 aromatic rings. The van der Waals surface area contributed by atoms with E-state index < -0.39 is 0 Å². The molecule has 0 radical (unpaired) electrons. The number of nitrogens with one attached hydrogen (secondary N) is 2. The van der Waals surface area contributed by atoms with Crippen LogP contribution in [-0.2, 0) is 6.54 Å². The lowest BCUT2D eigenvalue weighted by Crippen LogP contribution is -2.31. The van der Waals surface area contributed by atoms with Crippen molar-refractivity contribution < 1.29 is 0 Å². The van der Waals surface area contributed by atoms with Gasteiger partial charge in [-0.15, -0.1) is 0 Å². The van der Waals surface area contributed by atoms with E-state index in [9.17, 15) is 0 Å². The third-order valence-corrected chi connectivity index (χ3v) is 5.96. The second-order valence-electron chi connectivity index (χ2n) is 6.58. The van der Waals surface area contributed by atoms with Gasteiger partial charge in [0.05, 0.1) is 5.70 Å². The predicted molar refractivity (Wildman–Crippen MR) is 98.1 cm³/mol. The SMILES string of the molecule is NCc1ccc(C2=C3C(C=NN2)C2CC(CNI)C3C2)cc1. The van der Waals surface area contributed by atoms with Gasteiger partial charge in [0.2, 0.25) is 0 Å². The Labute approximate surface area is 145 Å². The number of halogens is 1. The van der Waals surface area contributed by atoms with Crippen LogP contribution < -0.4 is 14.7 Å². The number of hydrazone groups is 1. The van der Waals surface area contributed by atoms with Crippen molar-refractivity contribution in [2.24, 2.45) is 34.5 Å². The summed E-state index contributed by atoms with van der Waals surface area (Å²) < 4.78 is 3.34. The van der Waals surface area contributed by atoms with Crippen LogP contribution in [0.3, 0.4) is 0 Å². The van der Waals surface area contributed by atoms with E-state index in [1.54, 1.807) is 5.57 Å². The van der Waals surface area contributed by atoms with Gasteiger partial charge in [-0.25, -0.2) is 0 Å². The molecule has 4 nitrogen and oxygen atoms in total. The molecule has 3 aliphatic rings. The molecule has 0 saturated heterocycles. The second-order valence-corrected chi connectivity index (χ2v) is 7.35. The van der Waals surface area contributed by atoms with Gasteiger partial charge in [0.1, 0.15) is 0 Å². The summed E-state index contributed by atoms with van der Waals surface area (Å²) in [4.78, 5) is 0. The van der Waals surface area contributed by atoms with Crippen molar-refractivity contribution in [2.45, 2.75) is 19.4 Å². The fourth-order valence-corrected chi connectivity index (χ4v) is 5.07. The third-order valence-electron chi connectivity index (χ3n) is 5.52. The van der Waals surface area contributed by atoms with Gasteiger partial charge in [0.15, 0.2) is 0 Å². The highest BCUT2D eigenvalue weighted by Gasteiger charge is 2.50. The summed E-state index contributed by atoms with van der Waals surface area (Å²) in [6, 6.07) is 8.59. The van der Waals surface area contributed by atoms with Gasteiger partial charge < -0.3 is 5.73 Å². The molecule has 4 unspecified atom stereocenters. The molecule has 1 aromatic carbocycles. The maximum atomic E-state index is 5.71. The summed E-state index contributed by atoms with van der Waals surface area (Å²) in [7, 11) is 0. The van der Waals surface area contributed by atoms with Crippen molar-refractivity contribution in [1.82, 2.24) is 8.96 Å². The Morgan fingerprint density at radius 1 is 1.27 bits per heavy atom. The fraction of sp³-hybridized carbons (Fsp3) is 0.471. The first-order valence-electron chi connectivity index (χ1n) is 7.98. The zero-order chi connectivity index (χ0) is 15.1. The first-order chi connectivity index (χ1) is 10.8. The Bertz CT molecular complexity index is 622. The molecular weight excluding hydrogens is 387 g/mol. The van der Waals surface area contributed by atoms with Crippen molar-refractivity contribution in [3.63, 3.8) is 0 Å². The molecule has 2 fully saturated rings. The van der Waals surface area contributed by atoms with Gasteiger partial charge in [0, 0.05) is 48.1 Å². The zero-order valence-corrected chi connectivity index (χ0v) is 14.6. The van der Waals surface area contributed by atoms with Crippen molar-refractivity contribution in [2.75, 3.05) is 6.54 Å². The number of hydrogen-bond donors (Lipinski definition) is 3. The van der Waals surface area contributed by atoms with Gasteiger partial charge in [-0.05, 0) is 47.3 Å². The highest BCUT2D eigenvalue weighted by molar-refractivity contribution is 14.1. The molecular formula is C17H21IN4. The van der Waals surface area contributed by atoms with E-state index in [4.69, 9.17) is 5.73 Å². The van der Waals surface area contributed by atoms with Crippen LogP contribution in [0, 0.1) is 23.7 Å². The standard InChI is InChI=1S/C17H21IN4/c18-20-8-13-5-12-6-14(13)16-15(12)9-21-22-17(16)11-3-1-10(7-19)2-4-11/h1-4,9,12-15,20,22H,5-8,19H2. The monoisotopic (exact) mass is 408 g/mol. The topological polar surface area (TPSA) is 62.4 Å². The Kier molecular flexibility index (Phi) is 3.96. The van der Waals surface area contributed by atoms with Crippen LogP contribution in [0.5, 0.6) is 0 Å². The van der Waals surface area contributed by atoms with Gasteiger partial charge in [0.25, 0.3) is 0 Å². The lowest BCUT2D eigenvalue weighted by Gasteiger charge is -2.33. The number of rotatable bonds is 4.